The molecule has 0 atom stereocenters. The third-order valence-corrected chi connectivity index (χ3v) is 2.87. The molecule has 0 bridgehead atoms. The molecule has 0 saturated carbocycles. The van der Waals surface area contributed by atoms with Crippen molar-refractivity contribution in [3.63, 3.8) is 0 Å². The summed E-state index contributed by atoms with van der Waals surface area (Å²) in [6.07, 6.45) is 3.85. The Balaban J connectivity index is 2.00. The summed E-state index contributed by atoms with van der Waals surface area (Å²) >= 11 is 0. The molecule has 2 heterocycles. The fraction of sp³-hybridized carbons (Fsp3) is 0.636. The summed E-state index contributed by atoms with van der Waals surface area (Å²) in [5.74, 6) is 1.000. The van der Waals surface area contributed by atoms with Gasteiger partial charge in [0.15, 0.2) is 0 Å². The lowest BCUT2D eigenvalue weighted by atomic mass is 9.86. The quantitative estimate of drug-likeness (QED) is 0.804. The van der Waals surface area contributed by atoms with Crippen LogP contribution in [0.3, 0.4) is 0 Å². The van der Waals surface area contributed by atoms with E-state index >= 15 is 0 Å². The van der Waals surface area contributed by atoms with Gasteiger partial charge in [0.1, 0.15) is 12.1 Å². The molecule has 0 aromatic carbocycles. The smallest absolute Gasteiger partial charge is 0.132 e. The minimum absolute atomic E-state index is 0.00754. The van der Waals surface area contributed by atoms with Gasteiger partial charge in [-0.1, -0.05) is 13.3 Å². The molecule has 1 aromatic heterocycles. The maximum Gasteiger partial charge on any atom is 0.132 e. The van der Waals surface area contributed by atoms with Crippen LogP contribution in [0.1, 0.15) is 25.5 Å². The summed E-state index contributed by atoms with van der Waals surface area (Å²) in [5.41, 5.74) is 7.21. The molecule has 1 aliphatic heterocycles. The van der Waals surface area contributed by atoms with Gasteiger partial charge in [-0.25, -0.2) is 9.97 Å². The molecule has 2 rings (SSSR count). The first kappa shape index (κ1) is 10.4. The van der Waals surface area contributed by atoms with Gasteiger partial charge in [0.25, 0.3) is 0 Å². The van der Waals surface area contributed by atoms with Crippen molar-refractivity contribution in [1.82, 2.24) is 9.97 Å². The van der Waals surface area contributed by atoms with E-state index in [1.54, 1.807) is 6.33 Å². The summed E-state index contributed by atoms with van der Waals surface area (Å²) in [7, 11) is 0. The fourth-order valence-corrected chi connectivity index (χ4v) is 2.15. The van der Waals surface area contributed by atoms with E-state index in [-0.39, 0.29) is 5.54 Å². The van der Waals surface area contributed by atoms with Gasteiger partial charge in [0.05, 0.1) is 5.54 Å². The minimum Gasteiger partial charge on any atom is -0.353 e. The molecular formula is C11H18N4. The highest BCUT2D eigenvalue weighted by Gasteiger charge is 2.39. The van der Waals surface area contributed by atoms with Gasteiger partial charge < -0.3 is 10.6 Å². The van der Waals surface area contributed by atoms with Gasteiger partial charge in [0.2, 0.25) is 0 Å². The summed E-state index contributed by atoms with van der Waals surface area (Å²) < 4.78 is 0. The van der Waals surface area contributed by atoms with Crippen LogP contribution in [-0.4, -0.2) is 28.6 Å². The number of aromatic nitrogens is 2. The van der Waals surface area contributed by atoms with E-state index in [0.717, 1.165) is 37.4 Å². The van der Waals surface area contributed by atoms with Crippen LogP contribution in [0.15, 0.2) is 12.4 Å². The van der Waals surface area contributed by atoms with Crippen molar-refractivity contribution in [2.75, 3.05) is 18.0 Å². The monoisotopic (exact) mass is 206 g/mol. The Morgan fingerprint density at radius 1 is 1.47 bits per heavy atom. The molecule has 2 N–H and O–H groups in total. The molecule has 0 unspecified atom stereocenters. The molecule has 0 amide bonds. The molecule has 0 spiro atoms. The Morgan fingerprint density at radius 2 is 2.20 bits per heavy atom. The highest BCUT2D eigenvalue weighted by atomic mass is 15.3. The van der Waals surface area contributed by atoms with Gasteiger partial charge in [-0.05, 0) is 13.3 Å². The molecule has 1 fully saturated rings. The van der Waals surface area contributed by atoms with Crippen LogP contribution in [0, 0.1) is 6.92 Å². The predicted molar refractivity (Wildman–Crippen MR) is 60.8 cm³/mol. The molecule has 4 nitrogen and oxygen atoms in total. The van der Waals surface area contributed by atoms with Crippen LogP contribution in [0.4, 0.5) is 5.82 Å². The number of aryl methyl sites for hydroxylation is 1. The first-order valence-corrected chi connectivity index (χ1v) is 5.45. The fourth-order valence-electron chi connectivity index (χ4n) is 2.15. The molecule has 1 aliphatic rings. The highest BCUT2D eigenvalue weighted by molar-refractivity contribution is 5.44. The summed E-state index contributed by atoms with van der Waals surface area (Å²) in [6, 6.07) is 2.01. The Kier molecular flexibility index (Phi) is 2.61. The largest absolute Gasteiger partial charge is 0.353 e. The SMILES string of the molecule is CCCC1(N)CN(c2cc(C)ncn2)C1. The van der Waals surface area contributed by atoms with Gasteiger partial charge in [-0.3, -0.25) is 0 Å². The third-order valence-electron chi connectivity index (χ3n) is 2.87. The standard InChI is InChI=1S/C11H18N4/c1-3-4-11(12)6-15(7-11)10-5-9(2)13-8-14-10/h5,8H,3-4,6-7,12H2,1-2H3. The average Bonchev–Trinajstić information content (AvgIpc) is 2.14. The second-order valence-corrected chi connectivity index (χ2v) is 4.49. The second-order valence-electron chi connectivity index (χ2n) is 4.49. The molecular weight excluding hydrogens is 188 g/mol. The lowest BCUT2D eigenvalue weighted by molar-refractivity contribution is 0.306. The second kappa shape index (κ2) is 3.77. The van der Waals surface area contributed by atoms with Crippen LogP contribution >= 0.6 is 0 Å². The third kappa shape index (κ3) is 2.09. The van der Waals surface area contributed by atoms with Crippen LogP contribution in [0.5, 0.6) is 0 Å². The van der Waals surface area contributed by atoms with Crippen molar-refractivity contribution < 1.29 is 0 Å². The zero-order chi connectivity index (χ0) is 10.9. The molecule has 1 aromatic rings. The predicted octanol–water partition coefficient (Wildman–Crippen LogP) is 1.10. The Labute approximate surface area is 90.5 Å². The number of nitrogens with zero attached hydrogens (tertiary/aromatic N) is 3. The zero-order valence-corrected chi connectivity index (χ0v) is 9.40. The van der Waals surface area contributed by atoms with Crippen LogP contribution in [0.2, 0.25) is 0 Å². The van der Waals surface area contributed by atoms with Gasteiger partial charge >= 0.3 is 0 Å². The van der Waals surface area contributed by atoms with E-state index < -0.39 is 0 Å². The zero-order valence-electron chi connectivity index (χ0n) is 9.40. The van der Waals surface area contributed by atoms with Crippen molar-refractivity contribution in [1.29, 1.82) is 0 Å². The maximum absolute atomic E-state index is 6.19. The van der Waals surface area contributed by atoms with Crippen molar-refractivity contribution in [3.8, 4) is 0 Å². The van der Waals surface area contributed by atoms with E-state index in [1.807, 2.05) is 13.0 Å². The molecule has 4 heteroatoms. The van der Waals surface area contributed by atoms with E-state index in [2.05, 4.69) is 21.8 Å². The van der Waals surface area contributed by atoms with E-state index in [4.69, 9.17) is 5.73 Å². The van der Waals surface area contributed by atoms with Crippen LogP contribution < -0.4 is 10.6 Å². The molecule has 82 valence electrons. The Hall–Kier alpha value is -1.16. The molecule has 1 saturated heterocycles. The van der Waals surface area contributed by atoms with Crippen molar-refractivity contribution in [2.24, 2.45) is 5.73 Å². The van der Waals surface area contributed by atoms with E-state index in [9.17, 15) is 0 Å². The van der Waals surface area contributed by atoms with E-state index in [0.29, 0.717) is 0 Å². The summed E-state index contributed by atoms with van der Waals surface area (Å²) in [5, 5.41) is 0. The summed E-state index contributed by atoms with van der Waals surface area (Å²) in [4.78, 5) is 10.5. The first-order chi connectivity index (χ1) is 7.13. The lowest BCUT2D eigenvalue weighted by Gasteiger charge is -2.48. The van der Waals surface area contributed by atoms with Crippen molar-refractivity contribution in [3.05, 3.63) is 18.1 Å². The number of hydrogen-bond acceptors (Lipinski definition) is 4. The Bertz CT molecular complexity index is 344. The number of hydrogen-bond donors (Lipinski definition) is 1. The van der Waals surface area contributed by atoms with Crippen LogP contribution in [-0.2, 0) is 0 Å². The van der Waals surface area contributed by atoms with E-state index in [1.165, 1.54) is 0 Å². The highest BCUT2D eigenvalue weighted by Crippen LogP contribution is 2.27. The average molecular weight is 206 g/mol. The number of anilines is 1. The molecule has 15 heavy (non-hydrogen) atoms. The summed E-state index contributed by atoms with van der Waals surface area (Å²) in [6.45, 7) is 5.98. The number of rotatable bonds is 3. The first-order valence-electron chi connectivity index (χ1n) is 5.45. The van der Waals surface area contributed by atoms with Crippen molar-refractivity contribution in [2.45, 2.75) is 32.2 Å². The minimum atomic E-state index is 0.00754. The normalized spacial score (nSPS) is 18.7. The maximum atomic E-state index is 6.19. The van der Waals surface area contributed by atoms with Gasteiger partial charge in [-0.15, -0.1) is 0 Å². The molecule has 0 radical (unpaired) electrons. The Morgan fingerprint density at radius 3 is 2.80 bits per heavy atom. The van der Waals surface area contributed by atoms with Gasteiger partial charge in [0, 0.05) is 24.8 Å². The lowest BCUT2D eigenvalue weighted by Crippen LogP contribution is -2.67. The number of nitrogens with two attached hydrogens (primary N) is 1. The van der Waals surface area contributed by atoms with Crippen molar-refractivity contribution >= 4 is 5.82 Å². The van der Waals surface area contributed by atoms with Crippen LogP contribution in [0.25, 0.3) is 0 Å². The van der Waals surface area contributed by atoms with Gasteiger partial charge in [-0.2, -0.15) is 0 Å². The molecule has 0 aliphatic carbocycles. The topological polar surface area (TPSA) is 55.0 Å².